The second kappa shape index (κ2) is 2.90. The van der Waals surface area contributed by atoms with Crippen molar-refractivity contribution >= 4 is 12.4 Å². The van der Waals surface area contributed by atoms with Crippen LogP contribution < -0.4 is 5.32 Å². The summed E-state index contributed by atoms with van der Waals surface area (Å²) in [6, 6.07) is 0. The standard InChI is InChI=1S/C7H11NO3/c9-5-8-7(6(10)11)3-1-2-4-7/h5H,1-4H2,(H,8,9)(H,10,11). The van der Waals surface area contributed by atoms with Crippen LogP contribution in [0.1, 0.15) is 25.7 Å². The maximum atomic E-state index is 10.7. The van der Waals surface area contributed by atoms with Gasteiger partial charge in [-0.25, -0.2) is 4.79 Å². The fourth-order valence-electron chi connectivity index (χ4n) is 1.51. The predicted molar refractivity (Wildman–Crippen MR) is 38.0 cm³/mol. The number of hydrogen-bond donors (Lipinski definition) is 2. The molecule has 1 aliphatic carbocycles. The van der Waals surface area contributed by atoms with Crippen molar-refractivity contribution in [3.05, 3.63) is 0 Å². The molecule has 0 atom stereocenters. The second-order valence-electron chi connectivity index (χ2n) is 2.86. The number of hydrogen-bond acceptors (Lipinski definition) is 2. The third-order valence-corrected chi connectivity index (χ3v) is 2.20. The van der Waals surface area contributed by atoms with Crippen molar-refractivity contribution in [2.45, 2.75) is 31.2 Å². The van der Waals surface area contributed by atoms with Crippen LogP contribution in [0.2, 0.25) is 0 Å². The highest BCUT2D eigenvalue weighted by Crippen LogP contribution is 2.29. The van der Waals surface area contributed by atoms with Crippen molar-refractivity contribution in [3.63, 3.8) is 0 Å². The van der Waals surface area contributed by atoms with E-state index in [4.69, 9.17) is 5.11 Å². The Kier molecular flexibility index (Phi) is 2.12. The molecule has 0 heterocycles. The van der Waals surface area contributed by atoms with E-state index < -0.39 is 11.5 Å². The molecule has 4 nitrogen and oxygen atoms in total. The normalized spacial score (nSPS) is 21.1. The first-order chi connectivity index (χ1) is 5.21. The minimum absolute atomic E-state index is 0.472. The zero-order chi connectivity index (χ0) is 8.32. The molecule has 0 aliphatic heterocycles. The average Bonchev–Trinajstić information content (AvgIpc) is 2.38. The van der Waals surface area contributed by atoms with Gasteiger partial charge in [-0.1, -0.05) is 12.8 Å². The number of rotatable bonds is 3. The van der Waals surface area contributed by atoms with Crippen LogP contribution in [-0.4, -0.2) is 23.0 Å². The first kappa shape index (κ1) is 8.04. The maximum absolute atomic E-state index is 10.7. The minimum atomic E-state index is -0.957. The van der Waals surface area contributed by atoms with Crippen LogP contribution in [0.4, 0.5) is 0 Å². The largest absolute Gasteiger partial charge is 0.480 e. The molecule has 11 heavy (non-hydrogen) atoms. The molecule has 0 bridgehead atoms. The number of amides is 1. The van der Waals surface area contributed by atoms with E-state index in [0.717, 1.165) is 12.8 Å². The molecule has 1 aliphatic rings. The predicted octanol–water partition coefficient (Wildman–Crippen LogP) is 0.130. The van der Waals surface area contributed by atoms with Gasteiger partial charge in [-0.05, 0) is 12.8 Å². The van der Waals surface area contributed by atoms with Crippen molar-refractivity contribution < 1.29 is 14.7 Å². The summed E-state index contributed by atoms with van der Waals surface area (Å²) >= 11 is 0. The third kappa shape index (κ3) is 1.34. The van der Waals surface area contributed by atoms with Gasteiger partial charge in [0.2, 0.25) is 6.41 Å². The molecule has 0 saturated heterocycles. The van der Waals surface area contributed by atoms with E-state index in [1.54, 1.807) is 0 Å². The first-order valence-corrected chi connectivity index (χ1v) is 3.66. The van der Waals surface area contributed by atoms with Crippen molar-refractivity contribution in [1.82, 2.24) is 5.32 Å². The molecule has 1 rings (SSSR count). The van der Waals surface area contributed by atoms with Gasteiger partial charge in [0.15, 0.2) is 0 Å². The van der Waals surface area contributed by atoms with Crippen LogP contribution in [0.5, 0.6) is 0 Å². The third-order valence-electron chi connectivity index (χ3n) is 2.20. The molecule has 2 N–H and O–H groups in total. The number of carboxylic acid groups (broad SMARTS) is 1. The molecule has 4 heteroatoms. The Hall–Kier alpha value is -1.06. The fraction of sp³-hybridized carbons (Fsp3) is 0.714. The Balaban J connectivity index is 2.69. The summed E-state index contributed by atoms with van der Waals surface area (Å²) in [7, 11) is 0. The first-order valence-electron chi connectivity index (χ1n) is 3.66. The van der Waals surface area contributed by atoms with E-state index in [1.807, 2.05) is 0 Å². The topological polar surface area (TPSA) is 66.4 Å². The highest BCUT2D eigenvalue weighted by Gasteiger charge is 2.40. The van der Waals surface area contributed by atoms with E-state index >= 15 is 0 Å². The summed E-state index contributed by atoms with van der Waals surface area (Å²) in [6.07, 6.45) is 3.35. The van der Waals surface area contributed by atoms with Crippen LogP contribution in [0.25, 0.3) is 0 Å². The molecule has 0 spiro atoms. The molecule has 1 saturated carbocycles. The Morgan fingerprint density at radius 2 is 2.00 bits per heavy atom. The van der Waals surface area contributed by atoms with Crippen LogP contribution in [0, 0.1) is 0 Å². The van der Waals surface area contributed by atoms with E-state index in [0.29, 0.717) is 19.3 Å². The summed E-state index contributed by atoms with van der Waals surface area (Å²) in [5.41, 5.74) is -0.957. The van der Waals surface area contributed by atoms with Gasteiger partial charge in [0.25, 0.3) is 0 Å². The van der Waals surface area contributed by atoms with Gasteiger partial charge in [-0.3, -0.25) is 4.79 Å². The molecule has 0 radical (unpaired) electrons. The molecule has 0 aromatic carbocycles. The molecule has 0 unspecified atom stereocenters. The van der Waals surface area contributed by atoms with Crippen molar-refractivity contribution in [1.29, 1.82) is 0 Å². The lowest BCUT2D eigenvalue weighted by Gasteiger charge is -2.22. The van der Waals surface area contributed by atoms with Gasteiger partial charge < -0.3 is 10.4 Å². The highest BCUT2D eigenvalue weighted by molar-refractivity contribution is 5.81. The van der Waals surface area contributed by atoms with E-state index in [2.05, 4.69) is 5.32 Å². The lowest BCUT2D eigenvalue weighted by Crippen LogP contribution is -2.49. The van der Waals surface area contributed by atoms with Crippen LogP contribution in [-0.2, 0) is 9.59 Å². The summed E-state index contributed by atoms with van der Waals surface area (Å²) in [4.78, 5) is 20.8. The van der Waals surface area contributed by atoms with Gasteiger partial charge in [-0.15, -0.1) is 0 Å². The maximum Gasteiger partial charge on any atom is 0.329 e. The van der Waals surface area contributed by atoms with Crippen LogP contribution >= 0.6 is 0 Å². The van der Waals surface area contributed by atoms with E-state index in [-0.39, 0.29) is 0 Å². The summed E-state index contributed by atoms with van der Waals surface area (Å²) < 4.78 is 0. The van der Waals surface area contributed by atoms with E-state index in [1.165, 1.54) is 0 Å². The Morgan fingerprint density at radius 3 is 2.36 bits per heavy atom. The smallest absolute Gasteiger partial charge is 0.329 e. The van der Waals surface area contributed by atoms with Crippen molar-refractivity contribution in [3.8, 4) is 0 Å². The minimum Gasteiger partial charge on any atom is -0.480 e. The Bertz CT molecular complexity index is 173. The van der Waals surface area contributed by atoms with Crippen LogP contribution in [0.15, 0.2) is 0 Å². The second-order valence-corrected chi connectivity index (χ2v) is 2.86. The van der Waals surface area contributed by atoms with Gasteiger partial charge in [0, 0.05) is 0 Å². The lowest BCUT2D eigenvalue weighted by molar-refractivity contribution is -0.145. The lowest BCUT2D eigenvalue weighted by atomic mass is 9.99. The van der Waals surface area contributed by atoms with Crippen LogP contribution in [0.3, 0.4) is 0 Å². The summed E-state index contributed by atoms with van der Waals surface area (Å²) in [5, 5.41) is 11.2. The number of nitrogens with one attached hydrogen (secondary N) is 1. The number of aliphatic carboxylic acids is 1. The SMILES string of the molecule is O=CNC1(C(=O)O)CCCC1. The molecule has 1 amide bonds. The zero-order valence-corrected chi connectivity index (χ0v) is 6.17. The monoisotopic (exact) mass is 157 g/mol. The molecule has 1 fully saturated rings. The molecule has 62 valence electrons. The van der Waals surface area contributed by atoms with E-state index in [9.17, 15) is 9.59 Å². The summed E-state index contributed by atoms with van der Waals surface area (Å²) in [5.74, 6) is -0.915. The van der Waals surface area contributed by atoms with Gasteiger partial charge in [-0.2, -0.15) is 0 Å². The number of carbonyl (C=O) groups excluding carboxylic acids is 1. The highest BCUT2D eigenvalue weighted by atomic mass is 16.4. The Labute approximate surface area is 64.6 Å². The fourth-order valence-corrected chi connectivity index (χ4v) is 1.51. The van der Waals surface area contributed by atoms with Gasteiger partial charge >= 0.3 is 5.97 Å². The van der Waals surface area contributed by atoms with Crippen molar-refractivity contribution in [2.75, 3.05) is 0 Å². The number of carboxylic acids is 1. The molecular weight excluding hydrogens is 146 g/mol. The van der Waals surface area contributed by atoms with Gasteiger partial charge in [0.05, 0.1) is 0 Å². The van der Waals surface area contributed by atoms with Gasteiger partial charge in [0.1, 0.15) is 5.54 Å². The molecule has 0 aromatic rings. The average molecular weight is 157 g/mol. The summed E-state index contributed by atoms with van der Waals surface area (Å²) in [6.45, 7) is 0. The van der Waals surface area contributed by atoms with Crippen molar-refractivity contribution in [2.24, 2.45) is 0 Å². The zero-order valence-electron chi connectivity index (χ0n) is 6.17. The Morgan fingerprint density at radius 1 is 1.45 bits per heavy atom. The number of carbonyl (C=O) groups is 2. The quantitative estimate of drug-likeness (QED) is 0.572. The molecule has 0 aromatic heterocycles. The molecular formula is C7H11NO3.